The van der Waals surface area contributed by atoms with Gasteiger partial charge in [0, 0.05) is 24.9 Å². The Morgan fingerprint density at radius 3 is 2.66 bits per heavy atom. The molecule has 0 bridgehead atoms. The lowest BCUT2D eigenvalue weighted by molar-refractivity contribution is -0.384. The highest BCUT2D eigenvalue weighted by molar-refractivity contribution is 6.31. The van der Waals surface area contributed by atoms with Gasteiger partial charge in [0.15, 0.2) is 0 Å². The summed E-state index contributed by atoms with van der Waals surface area (Å²) in [5, 5.41) is 12.7. The normalized spacial score (nSPS) is 11.5. The van der Waals surface area contributed by atoms with E-state index in [1.807, 2.05) is 0 Å². The van der Waals surface area contributed by atoms with Gasteiger partial charge in [-0.2, -0.15) is 13.2 Å². The van der Waals surface area contributed by atoms with Crippen molar-refractivity contribution in [3.05, 3.63) is 74.7 Å². The van der Waals surface area contributed by atoms with Crippen LogP contribution < -0.4 is 10.1 Å². The Morgan fingerprint density at radius 1 is 1.31 bits per heavy atom. The standard InChI is InChI=1S/C17H12ClF4N3O4/c18-13-7-10(17(20,21)22)9-24-16(13)29-6-2-1-5-23-15(26)12-8-11(25(27)28)3-4-14(12)19/h1-4,7-9H,5-6H2,(H,23,26). The van der Waals surface area contributed by atoms with Crippen LogP contribution in [0.1, 0.15) is 15.9 Å². The van der Waals surface area contributed by atoms with Crippen molar-refractivity contribution >= 4 is 23.2 Å². The fourth-order valence-corrected chi connectivity index (χ4v) is 2.23. The van der Waals surface area contributed by atoms with E-state index in [-0.39, 0.29) is 24.1 Å². The third-order valence-corrected chi connectivity index (χ3v) is 3.67. The largest absolute Gasteiger partial charge is 0.472 e. The number of hydrogen-bond acceptors (Lipinski definition) is 5. The molecule has 7 nitrogen and oxygen atoms in total. The van der Waals surface area contributed by atoms with Crippen LogP contribution in [0.25, 0.3) is 0 Å². The SMILES string of the molecule is O=C(NCC=CCOc1ncc(C(F)(F)F)cc1Cl)c1cc([N+](=O)[O-])ccc1F. The van der Waals surface area contributed by atoms with Crippen molar-refractivity contribution in [3.8, 4) is 5.88 Å². The van der Waals surface area contributed by atoms with Crippen LogP contribution in [0.4, 0.5) is 23.2 Å². The maximum Gasteiger partial charge on any atom is 0.417 e. The predicted molar refractivity (Wildman–Crippen MR) is 94.3 cm³/mol. The van der Waals surface area contributed by atoms with Gasteiger partial charge in [-0.25, -0.2) is 9.37 Å². The molecule has 1 amide bonds. The van der Waals surface area contributed by atoms with Gasteiger partial charge in [0.1, 0.15) is 17.4 Å². The van der Waals surface area contributed by atoms with E-state index >= 15 is 0 Å². The minimum atomic E-state index is -4.58. The van der Waals surface area contributed by atoms with Crippen molar-refractivity contribution in [2.75, 3.05) is 13.2 Å². The molecule has 154 valence electrons. The molecular weight excluding hydrogens is 422 g/mol. The monoisotopic (exact) mass is 433 g/mol. The Hall–Kier alpha value is -3.21. The van der Waals surface area contributed by atoms with Crippen LogP contribution in [0.5, 0.6) is 5.88 Å². The number of ether oxygens (including phenoxy) is 1. The number of alkyl halides is 3. The van der Waals surface area contributed by atoms with E-state index in [0.29, 0.717) is 12.3 Å². The molecule has 0 radical (unpaired) electrons. The molecule has 0 aliphatic heterocycles. The first-order valence-electron chi connectivity index (χ1n) is 7.82. The maximum atomic E-state index is 13.6. The summed E-state index contributed by atoms with van der Waals surface area (Å²) in [5.41, 5.74) is -1.92. The fourth-order valence-electron chi connectivity index (χ4n) is 2.01. The molecule has 2 rings (SSSR count). The molecule has 29 heavy (non-hydrogen) atoms. The molecule has 0 fully saturated rings. The summed E-state index contributed by atoms with van der Waals surface area (Å²) in [6, 6.07) is 3.25. The van der Waals surface area contributed by atoms with Gasteiger partial charge < -0.3 is 10.1 Å². The number of amides is 1. The highest BCUT2D eigenvalue weighted by Crippen LogP contribution is 2.33. The number of carbonyl (C=O) groups excluding carboxylic acids is 1. The Balaban J connectivity index is 1.85. The first-order chi connectivity index (χ1) is 13.6. The Kier molecular flexibility index (Phi) is 7.10. The molecule has 0 saturated carbocycles. The molecule has 0 spiro atoms. The second-order valence-electron chi connectivity index (χ2n) is 5.42. The molecule has 2 aromatic rings. The zero-order chi connectivity index (χ0) is 21.6. The van der Waals surface area contributed by atoms with Crippen LogP contribution >= 0.6 is 11.6 Å². The van der Waals surface area contributed by atoms with Crippen molar-refractivity contribution in [2.45, 2.75) is 6.18 Å². The number of pyridine rings is 1. The van der Waals surface area contributed by atoms with E-state index in [2.05, 4.69) is 10.3 Å². The number of hydrogen-bond donors (Lipinski definition) is 1. The second kappa shape index (κ2) is 9.32. The van der Waals surface area contributed by atoms with Gasteiger partial charge in [-0.3, -0.25) is 14.9 Å². The van der Waals surface area contributed by atoms with Gasteiger partial charge in [0.2, 0.25) is 5.88 Å². The third kappa shape index (κ3) is 6.14. The number of nitro benzene ring substituents is 1. The second-order valence-corrected chi connectivity index (χ2v) is 5.83. The van der Waals surface area contributed by atoms with Gasteiger partial charge >= 0.3 is 6.18 Å². The van der Waals surface area contributed by atoms with Crippen LogP contribution in [0.15, 0.2) is 42.6 Å². The van der Waals surface area contributed by atoms with E-state index in [1.54, 1.807) is 0 Å². The quantitative estimate of drug-likeness (QED) is 0.306. The highest BCUT2D eigenvalue weighted by Gasteiger charge is 2.31. The number of nitrogens with zero attached hydrogens (tertiary/aromatic N) is 2. The number of rotatable bonds is 7. The van der Waals surface area contributed by atoms with E-state index < -0.39 is 39.6 Å². The molecular formula is C17H12ClF4N3O4. The number of carbonyl (C=O) groups is 1. The summed E-state index contributed by atoms with van der Waals surface area (Å²) in [5.74, 6) is -1.97. The van der Waals surface area contributed by atoms with Gasteiger partial charge in [-0.1, -0.05) is 17.7 Å². The van der Waals surface area contributed by atoms with Crippen LogP contribution in [0.3, 0.4) is 0 Å². The minimum absolute atomic E-state index is 0.0570. The highest BCUT2D eigenvalue weighted by atomic mass is 35.5. The van der Waals surface area contributed by atoms with E-state index in [4.69, 9.17) is 16.3 Å². The molecule has 12 heteroatoms. The van der Waals surface area contributed by atoms with Gasteiger partial charge in [0.25, 0.3) is 11.6 Å². The third-order valence-electron chi connectivity index (χ3n) is 3.40. The number of non-ortho nitro benzene ring substituents is 1. The summed E-state index contributed by atoms with van der Waals surface area (Å²) >= 11 is 5.68. The number of nitro groups is 1. The van der Waals surface area contributed by atoms with Gasteiger partial charge in [0.05, 0.1) is 16.1 Å². The van der Waals surface area contributed by atoms with Crippen molar-refractivity contribution < 1.29 is 32.0 Å². The van der Waals surface area contributed by atoms with Crippen LogP contribution in [-0.4, -0.2) is 29.0 Å². The molecule has 0 atom stereocenters. The molecule has 1 heterocycles. The zero-order valence-electron chi connectivity index (χ0n) is 14.4. The Labute approximate surface area is 166 Å². The molecule has 1 N–H and O–H groups in total. The first-order valence-corrected chi connectivity index (χ1v) is 8.20. The molecule has 1 aromatic heterocycles. The number of halogens is 5. The Morgan fingerprint density at radius 2 is 2.03 bits per heavy atom. The smallest absolute Gasteiger partial charge is 0.417 e. The molecule has 0 aliphatic rings. The summed E-state index contributed by atoms with van der Waals surface area (Å²) in [7, 11) is 0. The number of nitrogens with one attached hydrogen (secondary N) is 1. The lowest BCUT2D eigenvalue weighted by Gasteiger charge is -2.09. The average molecular weight is 434 g/mol. The van der Waals surface area contributed by atoms with Crippen molar-refractivity contribution in [3.63, 3.8) is 0 Å². The van der Waals surface area contributed by atoms with Crippen molar-refractivity contribution in [1.82, 2.24) is 10.3 Å². The van der Waals surface area contributed by atoms with Gasteiger partial charge in [-0.05, 0) is 18.2 Å². The Bertz CT molecular complexity index is 951. The first kappa shape index (κ1) is 22.1. The van der Waals surface area contributed by atoms with Crippen LogP contribution in [0, 0.1) is 15.9 Å². The van der Waals surface area contributed by atoms with Crippen molar-refractivity contribution in [1.29, 1.82) is 0 Å². The lowest BCUT2D eigenvalue weighted by Crippen LogP contribution is -2.24. The zero-order valence-corrected chi connectivity index (χ0v) is 15.1. The van der Waals surface area contributed by atoms with Crippen LogP contribution in [0.2, 0.25) is 5.02 Å². The topological polar surface area (TPSA) is 94.4 Å². The summed E-state index contributed by atoms with van der Waals surface area (Å²) in [6.07, 6.45) is -1.16. The molecule has 0 aliphatic carbocycles. The van der Waals surface area contributed by atoms with Gasteiger partial charge in [-0.15, -0.1) is 0 Å². The lowest BCUT2D eigenvalue weighted by atomic mass is 10.1. The summed E-state index contributed by atoms with van der Waals surface area (Å²) in [6.45, 7) is -0.169. The van der Waals surface area contributed by atoms with E-state index in [1.165, 1.54) is 12.2 Å². The molecule has 0 saturated heterocycles. The summed E-state index contributed by atoms with van der Waals surface area (Å²) < 4.78 is 56.3. The molecule has 1 aromatic carbocycles. The molecule has 0 unspecified atom stereocenters. The fraction of sp³-hybridized carbons (Fsp3) is 0.176. The number of benzene rings is 1. The van der Waals surface area contributed by atoms with E-state index in [9.17, 15) is 32.5 Å². The summed E-state index contributed by atoms with van der Waals surface area (Å²) in [4.78, 5) is 25.3. The van der Waals surface area contributed by atoms with Crippen LogP contribution in [-0.2, 0) is 6.18 Å². The number of aromatic nitrogens is 1. The predicted octanol–water partition coefficient (Wildman–Crippen LogP) is 4.17. The average Bonchev–Trinajstić information content (AvgIpc) is 2.64. The minimum Gasteiger partial charge on any atom is -0.472 e. The van der Waals surface area contributed by atoms with E-state index in [0.717, 1.165) is 18.2 Å². The van der Waals surface area contributed by atoms with Crippen molar-refractivity contribution in [2.24, 2.45) is 0 Å². The maximum absolute atomic E-state index is 13.6.